The van der Waals surface area contributed by atoms with Crippen molar-refractivity contribution < 1.29 is 0 Å². The molecule has 0 aliphatic carbocycles. The topological polar surface area (TPSA) is 27.0 Å². The molecule has 0 N–H and O–H groups in total. The van der Waals surface area contributed by atoms with E-state index in [9.17, 15) is 0 Å². The summed E-state index contributed by atoms with van der Waals surface area (Å²) in [6.45, 7) is 8.82. The molecule has 86 valence electrons. The lowest BCUT2D eigenvalue weighted by molar-refractivity contribution is 0.230. The summed E-state index contributed by atoms with van der Waals surface area (Å²) in [5.41, 5.74) is 2.04. The Hall–Kier alpha value is -1.33. The molecule has 0 bridgehead atoms. The summed E-state index contributed by atoms with van der Waals surface area (Å²) in [5, 5.41) is 8.72. The highest BCUT2D eigenvalue weighted by Gasteiger charge is 2.10. The summed E-state index contributed by atoms with van der Waals surface area (Å²) in [7, 11) is 0. The summed E-state index contributed by atoms with van der Waals surface area (Å²) in [6.07, 6.45) is 1.05. The van der Waals surface area contributed by atoms with Gasteiger partial charge in [0.15, 0.2) is 0 Å². The Morgan fingerprint density at radius 1 is 1.19 bits per heavy atom. The van der Waals surface area contributed by atoms with Crippen LogP contribution in [0.15, 0.2) is 24.3 Å². The van der Waals surface area contributed by atoms with Gasteiger partial charge < -0.3 is 4.90 Å². The van der Waals surface area contributed by atoms with E-state index in [0.29, 0.717) is 6.04 Å². The monoisotopic (exact) mass is 216 g/mol. The minimum atomic E-state index is 0.558. The Kier molecular flexibility index (Phi) is 5.01. The third kappa shape index (κ3) is 3.36. The van der Waals surface area contributed by atoms with Crippen LogP contribution in [0.1, 0.15) is 31.9 Å². The molecular weight excluding hydrogens is 196 g/mol. The molecule has 1 aromatic carbocycles. The van der Waals surface area contributed by atoms with Crippen molar-refractivity contribution in [2.45, 2.75) is 33.2 Å². The van der Waals surface area contributed by atoms with Crippen LogP contribution in [0.2, 0.25) is 0 Å². The van der Waals surface area contributed by atoms with Crippen molar-refractivity contribution in [3.8, 4) is 6.07 Å². The van der Waals surface area contributed by atoms with E-state index >= 15 is 0 Å². The van der Waals surface area contributed by atoms with Gasteiger partial charge in [0.1, 0.15) is 0 Å². The molecule has 0 radical (unpaired) electrons. The Bertz CT molecular complexity index is 344. The van der Waals surface area contributed by atoms with Crippen molar-refractivity contribution in [1.82, 2.24) is 4.90 Å². The van der Waals surface area contributed by atoms with Crippen LogP contribution < -0.4 is 0 Å². The maximum absolute atomic E-state index is 8.72. The predicted molar refractivity (Wildman–Crippen MR) is 67.2 cm³/mol. The molecule has 0 spiro atoms. The van der Waals surface area contributed by atoms with Crippen LogP contribution in [-0.4, -0.2) is 24.0 Å². The maximum atomic E-state index is 8.72. The standard InChI is InChI=1S/C14H20N2/c1-4-16(5-2)12(3)10-13-6-8-14(11-15)9-7-13/h6-9,12H,4-5,10H2,1-3H3. The second-order valence-corrected chi connectivity index (χ2v) is 4.08. The zero-order valence-electron chi connectivity index (χ0n) is 10.4. The molecule has 2 nitrogen and oxygen atoms in total. The van der Waals surface area contributed by atoms with E-state index in [0.717, 1.165) is 25.1 Å². The van der Waals surface area contributed by atoms with Crippen molar-refractivity contribution in [2.24, 2.45) is 0 Å². The number of likely N-dealkylation sites (N-methyl/N-ethyl adjacent to an activating group) is 1. The fraction of sp³-hybridized carbons (Fsp3) is 0.500. The van der Waals surface area contributed by atoms with Gasteiger partial charge in [0, 0.05) is 6.04 Å². The molecule has 16 heavy (non-hydrogen) atoms. The van der Waals surface area contributed by atoms with Gasteiger partial charge >= 0.3 is 0 Å². The molecule has 1 unspecified atom stereocenters. The van der Waals surface area contributed by atoms with Crippen molar-refractivity contribution in [3.05, 3.63) is 35.4 Å². The van der Waals surface area contributed by atoms with Gasteiger partial charge in [0.05, 0.1) is 11.6 Å². The van der Waals surface area contributed by atoms with E-state index in [1.54, 1.807) is 0 Å². The lowest BCUT2D eigenvalue weighted by Crippen LogP contribution is -2.34. The number of hydrogen-bond donors (Lipinski definition) is 0. The van der Waals surface area contributed by atoms with Crippen molar-refractivity contribution in [2.75, 3.05) is 13.1 Å². The van der Waals surface area contributed by atoms with E-state index in [1.807, 2.05) is 12.1 Å². The summed E-state index contributed by atoms with van der Waals surface area (Å²) in [4.78, 5) is 2.44. The lowest BCUT2D eigenvalue weighted by atomic mass is 10.0. The van der Waals surface area contributed by atoms with Crippen molar-refractivity contribution >= 4 is 0 Å². The molecular formula is C14H20N2. The summed E-state index contributed by atoms with van der Waals surface area (Å²) in [5.74, 6) is 0. The molecule has 2 heteroatoms. The van der Waals surface area contributed by atoms with Gasteiger partial charge in [-0.3, -0.25) is 0 Å². The Morgan fingerprint density at radius 3 is 2.19 bits per heavy atom. The second kappa shape index (κ2) is 6.30. The van der Waals surface area contributed by atoms with Gasteiger partial charge in [0.25, 0.3) is 0 Å². The Morgan fingerprint density at radius 2 is 1.75 bits per heavy atom. The smallest absolute Gasteiger partial charge is 0.0991 e. The zero-order chi connectivity index (χ0) is 12.0. The van der Waals surface area contributed by atoms with Crippen LogP contribution in [0.25, 0.3) is 0 Å². The molecule has 1 aromatic rings. The first-order chi connectivity index (χ1) is 7.71. The number of benzene rings is 1. The summed E-state index contributed by atoms with van der Waals surface area (Å²) >= 11 is 0. The molecule has 0 saturated carbocycles. The molecule has 0 heterocycles. The Labute approximate surface area is 98.5 Å². The molecule has 1 rings (SSSR count). The van der Waals surface area contributed by atoms with Gasteiger partial charge in [-0.15, -0.1) is 0 Å². The highest BCUT2D eigenvalue weighted by Crippen LogP contribution is 2.09. The average Bonchev–Trinajstić information content (AvgIpc) is 2.31. The highest BCUT2D eigenvalue weighted by molar-refractivity contribution is 5.31. The highest BCUT2D eigenvalue weighted by atomic mass is 15.1. The van der Waals surface area contributed by atoms with Gasteiger partial charge in [-0.25, -0.2) is 0 Å². The van der Waals surface area contributed by atoms with Gasteiger partial charge in [-0.1, -0.05) is 26.0 Å². The molecule has 1 atom stereocenters. The summed E-state index contributed by atoms with van der Waals surface area (Å²) in [6, 6.07) is 10.6. The largest absolute Gasteiger partial charge is 0.301 e. The SMILES string of the molecule is CCN(CC)C(C)Cc1ccc(C#N)cc1. The summed E-state index contributed by atoms with van der Waals surface area (Å²) < 4.78 is 0. The molecule has 0 aliphatic heterocycles. The molecule has 0 fully saturated rings. The van der Waals surface area contributed by atoms with Crippen LogP contribution >= 0.6 is 0 Å². The molecule has 0 aromatic heterocycles. The van der Waals surface area contributed by atoms with Crippen LogP contribution in [0.3, 0.4) is 0 Å². The van der Waals surface area contributed by atoms with Gasteiger partial charge in [0.2, 0.25) is 0 Å². The van der Waals surface area contributed by atoms with Crippen molar-refractivity contribution in [3.63, 3.8) is 0 Å². The first-order valence-electron chi connectivity index (χ1n) is 5.94. The maximum Gasteiger partial charge on any atom is 0.0991 e. The van der Waals surface area contributed by atoms with Crippen LogP contribution in [0.4, 0.5) is 0 Å². The third-order valence-electron chi connectivity index (χ3n) is 3.05. The zero-order valence-corrected chi connectivity index (χ0v) is 10.4. The number of nitriles is 1. The number of rotatable bonds is 5. The van der Waals surface area contributed by atoms with Crippen molar-refractivity contribution in [1.29, 1.82) is 5.26 Å². The third-order valence-corrected chi connectivity index (χ3v) is 3.05. The minimum Gasteiger partial charge on any atom is -0.301 e. The van der Waals surface area contributed by atoms with Gasteiger partial charge in [-0.05, 0) is 44.1 Å². The van der Waals surface area contributed by atoms with E-state index < -0.39 is 0 Å². The molecule has 0 aliphatic rings. The first kappa shape index (κ1) is 12.7. The first-order valence-corrected chi connectivity index (χ1v) is 5.94. The second-order valence-electron chi connectivity index (χ2n) is 4.08. The number of nitrogens with zero attached hydrogens (tertiary/aromatic N) is 2. The quantitative estimate of drug-likeness (QED) is 0.756. The van der Waals surface area contributed by atoms with Crippen LogP contribution in [-0.2, 0) is 6.42 Å². The number of hydrogen-bond acceptors (Lipinski definition) is 2. The van der Waals surface area contributed by atoms with Gasteiger partial charge in [-0.2, -0.15) is 5.26 Å². The van der Waals surface area contributed by atoms with Crippen LogP contribution in [0, 0.1) is 11.3 Å². The average molecular weight is 216 g/mol. The normalized spacial score (nSPS) is 12.4. The Balaban J connectivity index is 2.62. The molecule has 0 amide bonds. The van der Waals surface area contributed by atoms with E-state index in [-0.39, 0.29) is 0 Å². The predicted octanol–water partition coefficient (Wildman–Crippen LogP) is 2.83. The van der Waals surface area contributed by atoms with E-state index in [1.165, 1.54) is 5.56 Å². The van der Waals surface area contributed by atoms with E-state index in [2.05, 4.69) is 43.9 Å². The molecule has 0 saturated heterocycles. The van der Waals surface area contributed by atoms with Crippen LogP contribution in [0.5, 0.6) is 0 Å². The fourth-order valence-corrected chi connectivity index (χ4v) is 2.03. The van der Waals surface area contributed by atoms with E-state index in [4.69, 9.17) is 5.26 Å². The minimum absolute atomic E-state index is 0.558. The fourth-order valence-electron chi connectivity index (χ4n) is 2.03. The lowest BCUT2D eigenvalue weighted by Gasteiger charge is -2.26.